The van der Waals surface area contributed by atoms with Gasteiger partial charge in [0.15, 0.2) is 0 Å². The van der Waals surface area contributed by atoms with Gasteiger partial charge in [-0.3, -0.25) is 9.78 Å². The molecule has 5 nitrogen and oxygen atoms in total. The van der Waals surface area contributed by atoms with E-state index in [2.05, 4.69) is 26.2 Å². The maximum Gasteiger partial charge on any atom is 0.270 e. The summed E-state index contributed by atoms with van der Waals surface area (Å²) in [6, 6.07) is 4.31. The predicted octanol–water partition coefficient (Wildman–Crippen LogP) is 2.19. The van der Waals surface area contributed by atoms with E-state index in [1.54, 1.807) is 11.3 Å². The smallest absolute Gasteiger partial charge is 0.270 e. The van der Waals surface area contributed by atoms with Crippen LogP contribution in [0.25, 0.3) is 10.1 Å². The van der Waals surface area contributed by atoms with Gasteiger partial charge >= 0.3 is 0 Å². The number of rotatable bonds is 3. The highest BCUT2D eigenvalue weighted by Crippen LogP contribution is 2.31. The Morgan fingerprint density at radius 3 is 2.78 bits per heavy atom. The lowest BCUT2D eigenvalue weighted by Crippen LogP contribution is -2.57. The molecular weight excluding hydrogens is 308 g/mol. The molecule has 5 heterocycles. The van der Waals surface area contributed by atoms with E-state index >= 15 is 0 Å². The molecule has 23 heavy (non-hydrogen) atoms. The van der Waals surface area contributed by atoms with Crippen molar-refractivity contribution in [2.75, 3.05) is 38.6 Å². The molecule has 3 fully saturated rings. The Morgan fingerprint density at radius 2 is 2.13 bits per heavy atom. The summed E-state index contributed by atoms with van der Waals surface area (Å²) in [5.74, 6) is 0.597. The van der Waals surface area contributed by atoms with E-state index < -0.39 is 0 Å². The molecule has 2 aromatic heterocycles. The molecule has 1 atom stereocenters. The summed E-state index contributed by atoms with van der Waals surface area (Å²) in [7, 11) is 4.05. The van der Waals surface area contributed by atoms with Crippen LogP contribution in [0, 0.1) is 5.92 Å². The summed E-state index contributed by atoms with van der Waals surface area (Å²) in [4.78, 5) is 21.5. The maximum absolute atomic E-state index is 12.6. The Kier molecular flexibility index (Phi) is 3.73. The number of hydrogen-bond donors (Lipinski definition) is 1. The number of thiophene rings is 1. The van der Waals surface area contributed by atoms with Gasteiger partial charge in [0.05, 0.1) is 5.00 Å². The Hall–Kier alpha value is -1.66. The third kappa shape index (κ3) is 2.81. The van der Waals surface area contributed by atoms with Crippen molar-refractivity contribution in [3.05, 3.63) is 24.0 Å². The number of piperidine rings is 3. The fraction of sp³-hybridized carbons (Fsp3) is 0.529. The van der Waals surface area contributed by atoms with Gasteiger partial charge < -0.3 is 15.1 Å². The fourth-order valence-electron chi connectivity index (χ4n) is 3.63. The Morgan fingerprint density at radius 1 is 1.35 bits per heavy atom. The van der Waals surface area contributed by atoms with Crippen molar-refractivity contribution >= 4 is 32.3 Å². The molecule has 1 N–H and O–H groups in total. The molecule has 0 aliphatic carbocycles. The molecular formula is C17H22N4OS. The first-order chi connectivity index (χ1) is 11.1. The molecule has 0 radical (unpaired) electrons. The summed E-state index contributed by atoms with van der Waals surface area (Å²) >= 11 is 1.69. The number of carbonyl (C=O) groups is 1. The zero-order valence-electron chi connectivity index (χ0n) is 13.6. The molecule has 1 amide bonds. The highest BCUT2D eigenvalue weighted by molar-refractivity contribution is 7.22. The number of amides is 1. The van der Waals surface area contributed by atoms with E-state index in [1.165, 1.54) is 30.9 Å². The minimum Gasteiger partial charge on any atom is -0.370 e. The zero-order chi connectivity index (χ0) is 16.0. The topological polar surface area (TPSA) is 48.5 Å². The lowest BCUT2D eigenvalue weighted by Gasteiger charge is -2.44. The van der Waals surface area contributed by atoms with Crippen molar-refractivity contribution < 1.29 is 4.79 Å². The van der Waals surface area contributed by atoms with E-state index in [0.29, 0.717) is 11.6 Å². The van der Waals surface area contributed by atoms with Gasteiger partial charge in [0.1, 0.15) is 5.69 Å². The molecule has 0 spiro atoms. The van der Waals surface area contributed by atoms with Crippen molar-refractivity contribution in [3.8, 4) is 0 Å². The summed E-state index contributed by atoms with van der Waals surface area (Å²) in [6.45, 7) is 3.36. The van der Waals surface area contributed by atoms with Crippen molar-refractivity contribution in [1.29, 1.82) is 0 Å². The number of aromatic nitrogens is 1. The molecule has 0 aromatic carbocycles. The normalized spacial score (nSPS) is 26.4. The molecule has 6 heteroatoms. The summed E-state index contributed by atoms with van der Waals surface area (Å²) in [6.07, 6.45) is 4.22. The second-order valence-corrected chi connectivity index (χ2v) is 7.87. The quantitative estimate of drug-likeness (QED) is 0.937. The molecule has 2 bridgehead atoms. The largest absolute Gasteiger partial charge is 0.370 e. The first-order valence-electron chi connectivity index (χ1n) is 8.20. The third-order valence-electron chi connectivity index (χ3n) is 5.03. The number of hydrogen-bond acceptors (Lipinski definition) is 5. The first-order valence-corrected chi connectivity index (χ1v) is 9.02. The number of carbonyl (C=O) groups excluding carboxylic acids is 1. The fourth-order valence-corrected chi connectivity index (χ4v) is 4.63. The van der Waals surface area contributed by atoms with E-state index in [9.17, 15) is 4.79 Å². The summed E-state index contributed by atoms with van der Waals surface area (Å²) in [5, 5.41) is 5.48. The number of fused-ring (bicyclic) bond motifs is 4. The minimum atomic E-state index is -0.0366. The van der Waals surface area contributed by atoms with Crippen LogP contribution >= 0.6 is 11.3 Å². The van der Waals surface area contributed by atoms with Crippen LogP contribution in [0.1, 0.15) is 23.3 Å². The number of nitrogens with zero attached hydrogens (tertiary/aromatic N) is 3. The van der Waals surface area contributed by atoms with Gasteiger partial charge in [-0.1, -0.05) is 0 Å². The molecule has 3 aliphatic rings. The van der Waals surface area contributed by atoms with Crippen molar-refractivity contribution in [1.82, 2.24) is 15.2 Å². The average Bonchev–Trinajstić information content (AvgIpc) is 2.99. The second-order valence-electron chi connectivity index (χ2n) is 6.80. The maximum atomic E-state index is 12.6. The van der Waals surface area contributed by atoms with Crippen LogP contribution in [0.3, 0.4) is 0 Å². The highest BCUT2D eigenvalue weighted by Gasteiger charge is 2.35. The van der Waals surface area contributed by atoms with Gasteiger partial charge in [-0.05, 0) is 44.0 Å². The van der Waals surface area contributed by atoms with E-state index in [-0.39, 0.29) is 11.9 Å². The molecule has 0 unspecified atom stereocenters. The Balaban J connectivity index is 1.52. The molecule has 122 valence electrons. The van der Waals surface area contributed by atoms with Gasteiger partial charge in [0, 0.05) is 43.0 Å². The Labute approximate surface area is 140 Å². The van der Waals surface area contributed by atoms with Crippen molar-refractivity contribution in [2.24, 2.45) is 5.92 Å². The highest BCUT2D eigenvalue weighted by atomic mass is 32.1. The van der Waals surface area contributed by atoms with Gasteiger partial charge in [0.25, 0.3) is 5.91 Å². The van der Waals surface area contributed by atoms with E-state index in [1.807, 2.05) is 26.4 Å². The van der Waals surface area contributed by atoms with Gasteiger partial charge in [-0.15, -0.1) is 11.3 Å². The molecule has 0 saturated carbocycles. The van der Waals surface area contributed by atoms with Crippen LogP contribution in [-0.4, -0.2) is 55.6 Å². The molecule has 3 saturated heterocycles. The Bertz CT molecular complexity index is 733. The minimum absolute atomic E-state index is 0.0366. The lowest BCUT2D eigenvalue weighted by molar-refractivity contribution is 0.0618. The van der Waals surface area contributed by atoms with Crippen LogP contribution in [0.4, 0.5) is 5.00 Å². The summed E-state index contributed by atoms with van der Waals surface area (Å²) < 4.78 is 1.11. The third-order valence-corrected chi connectivity index (χ3v) is 6.30. The van der Waals surface area contributed by atoms with Gasteiger partial charge in [-0.25, -0.2) is 0 Å². The molecule has 5 rings (SSSR count). The average molecular weight is 330 g/mol. The van der Waals surface area contributed by atoms with Crippen LogP contribution in [0.5, 0.6) is 0 Å². The molecule has 2 aromatic rings. The lowest BCUT2D eigenvalue weighted by atomic mass is 9.84. The van der Waals surface area contributed by atoms with Gasteiger partial charge in [-0.2, -0.15) is 0 Å². The number of anilines is 1. The van der Waals surface area contributed by atoms with Crippen LogP contribution in [-0.2, 0) is 0 Å². The van der Waals surface area contributed by atoms with Crippen LogP contribution in [0.2, 0.25) is 0 Å². The number of pyridine rings is 1. The standard InChI is InChI=1S/C17H22N4OS/c1-20(2)16-7-12-9-18-13(8-15(12)23-16)17(22)19-14-10-21-5-3-11(14)4-6-21/h7-9,11,14H,3-6,10H2,1-2H3,(H,19,22)/t14-/m0/s1. The van der Waals surface area contributed by atoms with E-state index in [4.69, 9.17) is 0 Å². The first kappa shape index (κ1) is 14.9. The SMILES string of the molecule is CN(C)c1cc2cnc(C(=O)N[C@H]3CN4CCC3CC4)cc2s1. The zero-order valence-corrected chi connectivity index (χ0v) is 14.4. The monoisotopic (exact) mass is 330 g/mol. The number of nitrogens with one attached hydrogen (secondary N) is 1. The van der Waals surface area contributed by atoms with E-state index in [0.717, 1.165) is 16.6 Å². The van der Waals surface area contributed by atoms with Crippen molar-refractivity contribution in [3.63, 3.8) is 0 Å². The predicted molar refractivity (Wildman–Crippen MR) is 94.4 cm³/mol. The summed E-state index contributed by atoms with van der Waals surface area (Å²) in [5.41, 5.74) is 0.529. The van der Waals surface area contributed by atoms with Crippen molar-refractivity contribution in [2.45, 2.75) is 18.9 Å². The van der Waals surface area contributed by atoms with Crippen LogP contribution < -0.4 is 10.2 Å². The van der Waals surface area contributed by atoms with Crippen LogP contribution in [0.15, 0.2) is 18.3 Å². The van der Waals surface area contributed by atoms with Gasteiger partial charge in [0.2, 0.25) is 0 Å². The second kappa shape index (κ2) is 5.76. The molecule has 3 aliphatic heterocycles.